The SMILES string of the molecule is OCc1cnn(-c2cccc(Br)c2)c1C1CC1. The van der Waals surface area contributed by atoms with Crippen molar-refractivity contribution in [3.05, 3.63) is 46.2 Å². The number of hydrogen-bond donors (Lipinski definition) is 1. The van der Waals surface area contributed by atoms with Gasteiger partial charge in [-0.1, -0.05) is 22.0 Å². The van der Waals surface area contributed by atoms with Crippen LogP contribution in [0.5, 0.6) is 0 Å². The Balaban J connectivity index is 2.11. The van der Waals surface area contributed by atoms with E-state index in [1.54, 1.807) is 6.20 Å². The lowest BCUT2D eigenvalue weighted by atomic mass is 10.2. The first kappa shape index (κ1) is 11.0. The van der Waals surface area contributed by atoms with Crippen LogP contribution in [0.2, 0.25) is 0 Å². The second-order valence-electron chi connectivity index (χ2n) is 4.38. The molecule has 3 nitrogen and oxygen atoms in total. The molecule has 17 heavy (non-hydrogen) atoms. The first-order valence-corrected chi connectivity index (χ1v) is 6.52. The maximum Gasteiger partial charge on any atom is 0.0715 e. The van der Waals surface area contributed by atoms with E-state index in [9.17, 15) is 5.11 Å². The number of aliphatic hydroxyl groups is 1. The van der Waals surface area contributed by atoms with Gasteiger partial charge in [0.1, 0.15) is 0 Å². The molecule has 3 rings (SSSR count). The molecule has 0 spiro atoms. The topological polar surface area (TPSA) is 38.1 Å². The zero-order valence-corrected chi connectivity index (χ0v) is 10.9. The van der Waals surface area contributed by atoms with Crippen LogP contribution in [0.1, 0.15) is 30.0 Å². The van der Waals surface area contributed by atoms with Gasteiger partial charge in [0.05, 0.1) is 24.2 Å². The lowest BCUT2D eigenvalue weighted by molar-refractivity contribution is 0.280. The minimum Gasteiger partial charge on any atom is -0.392 e. The number of benzene rings is 1. The monoisotopic (exact) mass is 292 g/mol. The van der Waals surface area contributed by atoms with Crippen LogP contribution >= 0.6 is 15.9 Å². The first-order valence-electron chi connectivity index (χ1n) is 5.73. The third-order valence-electron chi connectivity index (χ3n) is 3.07. The summed E-state index contributed by atoms with van der Waals surface area (Å²) in [5.41, 5.74) is 3.17. The normalized spacial score (nSPS) is 15.2. The first-order chi connectivity index (χ1) is 8.29. The molecular formula is C13H13BrN2O. The van der Waals surface area contributed by atoms with Gasteiger partial charge in [-0.15, -0.1) is 0 Å². The number of rotatable bonds is 3. The highest BCUT2D eigenvalue weighted by molar-refractivity contribution is 9.10. The summed E-state index contributed by atoms with van der Waals surface area (Å²) < 4.78 is 2.99. The molecule has 0 bridgehead atoms. The van der Waals surface area contributed by atoms with E-state index in [1.807, 2.05) is 28.9 Å². The molecule has 1 aliphatic rings. The molecule has 1 saturated carbocycles. The van der Waals surface area contributed by atoms with Crippen molar-refractivity contribution < 1.29 is 5.11 Å². The highest BCUT2D eigenvalue weighted by Crippen LogP contribution is 2.42. The summed E-state index contributed by atoms with van der Waals surface area (Å²) in [5.74, 6) is 0.568. The summed E-state index contributed by atoms with van der Waals surface area (Å²) in [7, 11) is 0. The quantitative estimate of drug-likeness (QED) is 0.944. The van der Waals surface area contributed by atoms with Crippen molar-refractivity contribution in [3.8, 4) is 5.69 Å². The van der Waals surface area contributed by atoms with Gasteiger partial charge in [0.2, 0.25) is 0 Å². The van der Waals surface area contributed by atoms with E-state index in [-0.39, 0.29) is 6.61 Å². The van der Waals surface area contributed by atoms with Crippen LogP contribution in [0.25, 0.3) is 5.69 Å². The average Bonchev–Trinajstić information content (AvgIpc) is 3.08. The third-order valence-corrected chi connectivity index (χ3v) is 3.57. The molecular weight excluding hydrogens is 280 g/mol. The molecule has 0 atom stereocenters. The Morgan fingerprint density at radius 1 is 1.41 bits per heavy atom. The van der Waals surface area contributed by atoms with E-state index in [2.05, 4.69) is 21.0 Å². The summed E-state index contributed by atoms with van der Waals surface area (Å²) in [4.78, 5) is 0. The van der Waals surface area contributed by atoms with E-state index < -0.39 is 0 Å². The molecule has 4 heteroatoms. The van der Waals surface area contributed by atoms with E-state index in [0.717, 1.165) is 15.7 Å². The minimum absolute atomic E-state index is 0.0693. The van der Waals surface area contributed by atoms with Crippen molar-refractivity contribution in [1.82, 2.24) is 9.78 Å². The zero-order valence-electron chi connectivity index (χ0n) is 9.31. The number of aliphatic hydroxyl groups excluding tert-OH is 1. The van der Waals surface area contributed by atoms with Crippen molar-refractivity contribution in [2.24, 2.45) is 0 Å². The van der Waals surface area contributed by atoms with Gasteiger partial charge in [-0.25, -0.2) is 4.68 Å². The molecule has 1 heterocycles. The summed E-state index contributed by atoms with van der Waals surface area (Å²) in [6, 6.07) is 8.07. The largest absolute Gasteiger partial charge is 0.392 e. The summed E-state index contributed by atoms with van der Waals surface area (Å²) in [6.45, 7) is 0.0693. The molecule has 0 amide bonds. The lowest BCUT2D eigenvalue weighted by Crippen LogP contribution is -2.02. The Labute approximate surface area is 108 Å². The Hall–Kier alpha value is -1.13. The van der Waals surface area contributed by atoms with Crippen LogP contribution in [0.4, 0.5) is 0 Å². The van der Waals surface area contributed by atoms with E-state index in [4.69, 9.17) is 0 Å². The van der Waals surface area contributed by atoms with Crippen molar-refractivity contribution in [2.75, 3.05) is 0 Å². The van der Waals surface area contributed by atoms with Crippen LogP contribution < -0.4 is 0 Å². The third kappa shape index (κ3) is 2.03. The number of aromatic nitrogens is 2. The minimum atomic E-state index is 0.0693. The van der Waals surface area contributed by atoms with Gasteiger partial charge in [0.15, 0.2) is 0 Å². The molecule has 0 unspecified atom stereocenters. The fourth-order valence-electron chi connectivity index (χ4n) is 2.12. The van der Waals surface area contributed by atoms with Gasteiger partial charge in [0.25, 0.3) is 0 Å². The van der Waals surface area contributed by atoms with Crippen molar-refractivity contribution in [3.63, 3.8) is 0 Å². The fourth-order valence-corrected chi connectivity index (χ4v) is 2.51. The van der Waals surface area contributed by atoms with Gasteiger partial charge in [-0.2, -0.15) is 5.10 Å². The molecule has 1 fully saturated rings. The molecule has 0 radical (unpaired) electrons. The maximum absolute atomic E-state index is 9.35. The predicted molar refractivity (Wildman–Crippen MR) is 69.2 cm³/mol. The van der Waals surface area contributed by atoms with Gasteiger partial charge in [0, 0.05) is 16.0 Å². The molecule has 2 aromatic rings. The van der Waals surface area contributed by atoms with Crippen LogP contribution in [-0.4, -0.2) is 14.9 Å². The highest BCUT2D eigenvalue weighted by atomic mass is 79.9. The van der Waals surface area contributed by atoms with Crippen LogP contribution in [0.15, 0.2) is 34.9 Å². The average molecular weight is 293 g/mol. The van der Waals surface area contributed by atoms with Crippen molar-refractivity contribution in [1.29, 1.82) is 0 Å². The summed E-state index contributed by atoms with van der Waals surface area (Å²) in [6.07, 6.45) is 4.17. The Bertz CT molecular complexity index is 546. The standard InChI is InChI=1S/C13H13BrN2O/c14-11-2-1-3-12(6-11)16-13(9-4-5-9)10(8-17)7-15-16/h1-3,6-7,9,17H,4-5,8H2. The molecule has 88 valence electrons. The van der Waals surface area contributed by atoms with E-state index in [1.165, 1.54) is 18.5 Å². The second-order valence-corrected chi connectivity index (χ2v) is 5.29. The van der Waals surface area contributed by atoms with Crippen LogP contribution in [-0.2, 0) is 6.61 Å². The Morgan fingerprint density at radius 2 is 2.24 bits per heavy atom. The van der Waals surface area contributed by atoms with Gasteiger partial charge >= 0.3 is 0 Å². The molecule has 1 N–H and O–H groups in total. The Kier molecular flexibility index (Phi) is 2.76. The second kappa shape index (κ2) is 4.27. The van der Waals surface area contributed by atoms with Gasteiger partial charge < -0.3 is 5.11 Å². The molecule has 0 saturated heterocycles. The number of nitrogens with zero attached hydrogens (tertiary/aromatic N) is 2. The number of halogens is 1. The maximum atomic E-state index is 9.35. The van der Waals surface area contributed by atoms with Crippen molar-refractivity contribution >= 4 is 15.9 Å². The van der Waals surface area contributed by atoms with Crippen molar-refractivity contribution in [2.45, 2.75) is 25.4 Å². The summed E-state index contributed by atoms with van der Waals surface area (Å²) >= 11 is 3.47. The van der Waals surface area contributed by atoms with E-state index in [0.29, 0.717) is 5.92 Å². The van der Waals surface area contributed by atoms with Crippen LogP contribution in [0.3, 0.4) is 0 Å². The molecule has 1 aliphatic carbocycles. The number of hydrogen-bond acceptors (Lipinski definition) is 2. The Morgan fingerprint density at radius 3 is 2.88 bits per heavy atom. The van der Waals surface area contributed by atoms with Crippen LogP contribution in [0, 0.1) is 0 Å². The van der Waals surface area contributed by atoms with Gasteiger partial charge in [-0.3, -0.25) is 0 Å². The highest BCUT2D eigenvalue weighted by Gasteiger charge is 2.30. The molecule has 1 aromatic carbocycles. The summed E-state index contributed by atoms with van der Waals surface area (Å²) in [5, 5.41) is 13.7. The fraction of sp³-hybridized carbons (Fsp3) is 0.308. The predicted octanol–water partition coefficient (Wildman–Crippen LogP) is 3.00. The van der Waals surface area contributed by atoms with E-state index >= 15 is 0 Å². The molecule has 1 aromatic heterocycles. The zero-order chi connectivity index (χ0) is 11.8. The smallest absolute Gasteiger partial charge is 0.0715 e. The van der Waals surface area contributed by atoms with Gasteiger partial charge in [-0.05, 0) is 31.0 Å². The lowest BCUT2D eigenvalue weighted by Gasteiger charge is -2.08. The molecule has 0 aliphatic heterocycles.